The molecule has 2 aromatic heterocycles. The number of nitrogens with zero attached hydrogens (tertiary/aromatic N) is 2. The lowest BCUT2D eigenvalue weighted by Crippen LogP contribution is -2.28. The van der Waals surface area contributed by atoms with Crippen LogP contribution in [-0.2, 0) is 0 Å². The molecule has 0 radical (unpaired) electrons. The van der Waals surface area contributed by atoms with Gasteiger partial charge in [-0.25, -0.2) is 5.43 Å². The Balaban J connectivity index is 2.06. The van der Waals surface area contributed by atoms with Gasteiger partial charge in [0.15, 0.2) is 0 Å². The minimum Gasteiger partial charge on any atom is -0.459 e. The highest BCUT2D eigenvalue weighted by Gasteiger charge is 2.24. The zero-order valence-electron chi connectivity index (χ0n) is 11.3. The van der Waals surface area contributed by atoms with E-state index in [-0.39, 0.29) is 6.04 Å². The number of fused-ring (bicyclic) bond motifs is 1. The van der Waals surface area contributed by atoms with Gasteiger partial charge < -0.3 is 4.42 Å². The van der Waals surface area contributed by atoms with E-state index in [1.54, 1.807) is 0 Å². The van der Waals surface area contributed by atoms with Gasteiger partial charge >= 0.3 is 0 Å². The Labute approximate surface area is 120 Å². The molecule has 0 aliphatic heterocycles. The van der Waals surface area contributed by atoms with Crippen LogP contribution in [0.4, 0.5) is 0 Å². The van der Waals surface area contributed by atoms with E-state index < -0.39 is 0 Å². The topological polar surface area (TPSA) is 77.0 Å². The van der Waals surface area contributed by atoms with Crippen LogP contribution >= 0.6 is 11.5 Å². The van der Waals surface area contributed by atoms with Crippen LogP contribution in [0.15, 0.2) is 34.7 Å². The van der Waals surface area contributed by atoms with Crippen molar-refractivity contribution in [1.82, 2.24) is 15.0 Å². The summed E-state index contributed by atoms with van der Waals surface area (Å²) in [4.78, 5) is 1.00. The molecule has 0 spiro atoms. The Hall–Kier alpha value is -1.76. The average Bonchev–Trinajstić information content (AvgIpc) is 3.05. The van der Waals surface area contributed by atoms with Gasteiger partial charge in [0.05, 0.1) is 10.6 Å². The Kier molecular flexibility index (Phi) is 3.52. The molecule has 20 heavy (non-hydrogen) atoms. The first-order valence-corrected chi connectivity index (χ1v) is 7.24. The zero-order chi connectivity index (χ0) is 14.1. The van der Waals surface area contributed by atoms with Gasteiger partial charge in [-0.2, -0.15) is 0 Å². The molecule has 0 saturated heterocycles. The maximum atomic E-state index is 5.89. The molecular formula is C14H16N4OS. The molecule has 3 rings (SSSR count). The van der Waals surface area contributed by atoms with Gasteiger partial charge in [-0.3, -0.25) is 5.84 Å². The van der Waals surface area contributed by atoms with Crippen molar-refractivity contribution in [3.05, 3.63) is 46.7 Å². The van der Waals surface area contributed by atoms with Gasteiger partial charge in [0.25, 0.3) is 0 Å². The van der Waals surface area contributed by atoms with Crippen molar-refractivity contribution >= 4 is 22.5 Å². The lowest BCUT2D eigenvalue weighted by molar-refractivity contribution is 0.478. The van der Waals surface area contributed by atoms with E-state index >= 15 is 0 Å². The molecule has 6 heteroatoms. The second kappa shape index (κ2) is 5.32. The molecule has 1 aromatic carbocycles. The van der Waals surface area contributed by atoms with E-state index in [0.29, 0.717) is 5.92 Å². The molecule has 0 fully saturated rings. The van der Waals surface area contributed by atoms with Crippen molar-refractivity contribution < 1.29 is 4.42 Å². The third-order valence-electron chi connectivity index (χ3n) is 3.25. The van der Waals surface area contributed by atoms with Gasteiger partial charge in [0, 0.05) is 5.39 Å². The number of hydrogen-bond acceptors (Lipinski definition) is 6. The molecule has 0 amide bonds. The Bertz CT molecular complexity index is 686. The molecule has 5 nitrogen and oxygen atoms in total. The summed E-state index contributed by atoms with van der Waals surface area (Å²) in [5.74, 6) is 6.80. The molecule has 0 aliphatic carbocycles. The molecule has 0 aliphatic rings. The highest BCUT2D eigenvalue weighted by Crippen LogP contribution is 2.33. The van der Waals surface area contributed by atoms with Gasteiger partial charge in [-0.1, -0.05) is 36.5 Å². The minimum absolute atomic E-state index is 0.222. The van der Waals surface area contributed by atoms with Crippen molar-refractivity contribution in [2.24, 2.45) is 5.84 Å². The monoisotopic (exact) mass is 288 g/mol. The summed E-state index contributed by atoms with van der Waals surface area (Å²) < 4.78 is 9.93. The van der Waals surface area contributed by atoms with Crippen molar-refractivity contribution in [1.29, 1.82) is 0 Å². The average molecular weight is 288 g/mol. The van der Waals surface area contributed by atoms with Crippen LogP contribution in [0.3, 0.4) is 0 Å². The quantitative estimate of drug-likeness (QED) is 0.570. The first-order chi connectivity index (χ1) is 9.70. The molecule has 2 heterocycles. The fourth-order valence-corrected chi connectivity index (χ4v) is 3.11. The highest BCUT2D eigenvalue weighted by molar-refractivity contribution is 7.05. The van der Waals surface area contributed by atoms with E-state index in [2.05, 4.69) is 28.9 Å². The molecule has 0 bridgehead atoms. The maximum Gasteiger partial charge on any atom is 0.134 e. The van der Waals surface area contributed by atoms with Crippen LogP contribution in [0.2, 0.25) is 0 Å². The lowest BCUT2D eigenvalue weighted by Gasteiger charge is -2.13. The molecule has 0 saturated carbocycles. The zero-order valence-corrected chi connectivity index (χ0v) is 12.1. The van der Waals surface area contributed by atoms with Crippen LogP contribution in [0.5, 0.6) is 0 Å². The Morgan fingerprint density at radius 3 is 2.80 bits per heavy atom. The standard InChI is InChI=1S/C14H16N4OS/c1-8(2)12-14(20-18-17-12)13(16-15)11-7-9-5-3-4-6-10(9)19-11/h3-8,13,16H,15H2,1-2H3. The van der Waals surface area contributed by atoms with Crippen LogP contribution < -0.4 is 11.3 Å². The molecule has 104 valence electrons. The van der Waals surface area contributed by atoms with Crippen molar-refractivity contribution in [2.45, 2.75) is 25.8 Å². The third-order valence-corrected chi connectivity index (χ3v) is 4.05. The molecule has 3 N–H and O–H groups in total. The summed E-state index contributed by atoms with van der Waals surface area (Å²) in [6.45, 7) is 4.18. The summed E-state index contributed by atoms with van der Waals surface area (Å²) in [6.07, 6.45) is 0. The summed E-state index contributed by atoms with van der Waals surface area (Å²) in [7, 11) is 0. The third kappa shape index (κ3) is 2.22. The largest absolute Gasteiger partial charge is 0.459 e. The minimum atomic E-state index is -0.222. The van der Waals surface area contributed by atoms with Crippen LogP contribution in [-0.4, -0.2) is 9.59 Å². The fraction of sp³-hybridized carbons (Fsp3) is 0.286. The lowest BCUT2D eigenvalue weighted by atomic mass is 10.0. The predicted octanol–water partition coefficient (Wildman–Crippen LogP) is 2.96. The number of hydrogen-bond donors (Lipinski definition) is 2. The van der Waals surface area contributed by atoms with Crippen molar-refractivity contribution in [3.8, 4) is 0 Å². The van der Waals surface area contributed by atoms with E-state index in [9.17, 15) is 0 Å². The first kappa shape index (κ1) is 13.2. The van der Waals surface area contributed by atoms with Crippen molar-refractivity contribution in [2.75, 3.05) is 0 Å². The number of hydrazine groups is 1. The number of rotatable bonds is 4. The number of para-hydroxylation sites is 1. The highest BCUT2D eigenvalue weighted by atomic mass is 32.1. The Morgan fingerprint density at radius 1 is 1.30 bits per heavy atom. The van der Waals surface area contributed by atoms with Crippen LogP contribution in [0.1, 0.15) is 42.1 Å². The van der Waals surface area contributed by atoms with Crippen LogP contribution in [0, 0.1) is 0 Å². The molecule has 1 atom stereocenters. The van der Waals surface area contributed by atoms with Crippen LogP contribution in [0.25, 0.3) is 11.0 Å². The van der Waals surface area contributed by atoms with E-state index in [1.165, 1.54) is 11.5 Å². The van der Waals surface area contributed by atoms with Crippen molar-refractivity contribution in [3.63, 3.8) is 0 Å². The van der Waals surface area contributed by atoms with Gasteiger partial charge in [0.1, 0.15) is 17.4 Å². The fourth-order valence-electron chi connectivity index (χ4n) is 2.24. The van der Waals surface area contributed by atoms with E-state index in [0.717, 1.165) is 27.3 Å². The maximum absolute atomic E-state index is 5.89. The summed E-state index contributed by atoms with van der Waals surface area (Å²) in [5.41, 5.74) is 4.62. The molecule has 3 aromatic rings. The smallest absolute Gasteiger partial charge is 0.134 e. The summed E-state index contributed by atoms with van der Waals surface area (Å²) in [5, 5.41) is 5.26. The Morgan fingerprint density at radius 2 is 2.10 bits per heavy atom. The number of furan rings is 1. The number of nitrogens with one attached hydrogen (secondary N) is 1. The van der Waals surface area contributed by atoms with E-state index in [4.69, 9.17) is 10.3 Å². The number of benzene rings is 1. The first-order valence-electron chi connectivity index (χ1n) is 6.47. The van der Waals surface area contributed by atoms with Gasteiger partial charge in [-0.15, -0.1) is 5.10 Å². The molecule has 1 unspecified atom stereocenters. The SMILES string of the molecule is CC(C)c1nnsc1C(NN)c1cc2ccccc2o1. The predicted molar refractivity (Wildman–Crippen MR) is 79.4 cm³/mol. The molecular weight excluding hydrogens is 272 g/mol. The van der Waals surface area contributed by atoms with Gasteiger partial charge in [-0.05, 0) is 29.6 Å². The normalized spacial score (nSPS) is 13.2. The number of aromatic nitrogens is 2. The summed E-state index contributed by atoms with van der Waals surface area (Å²) in [6, 6.07) is 9.68. The van der Waals surface area contributed by atoms with Gasteiger partial charge in [0.2, 0.25) is 0 Å². The second-order valence-corrected chi connectivity index (χ2v) is 5.75. The second-order valence-electron chi connectivity index (χ2n) is 4.96. The van der Waals surface area contributed by atoms with E-state index in [1.807, 2.05) is 30.3 Å². The summed E-state index contributed by atoms with van der Waals surface area (Å²) >= 11 is 1.35. The number of nitrogens with two attached hydrogens (primary N) is 1.